The monoisotopic (exact) mass is 223 g/mol. The van der Waals surface area contributed by atoms with Crippen LogP contribution in [0.15, 0.2) is 12.3 Å². The minimum atomic E-state index is -0.471. The highest BCUT2D eigenvalue weighted by molar-refractivity contribution is 9.08. The molecule has 0 N–H and O–H groups in total. The van der Waals surface area contributed by atoms with Crippen molar-refractivity contribution in [1.29, 1.82) is 0 Å². The summed E-state index contributed by atoms with van der Waals surface area (Å²) < 4.78 is 12.6. The van der Waals surface area contributed by atoms with E-state index in [1.54, 1.807) is 6.07 Å². The maximum absolute atomic E-state index is 12.6. The van der Waals surface area contributed by atoms with Gasteiger partial charge in [-0.05, 0) is 6.07 Å². The van der Waals surface area contributed by atoms with Gasteiger partial charge in [0.2, 0.25) is 5.95 Å². The van der Waals surface area contributed by atoms with Gasteiger partial charge in [-0.1, -0.05) is 27.5 Å². The van der Waals surface area contributed by atoms with Crippen molar-refractivity contribution in [2.75, 3.05) is 0 Å². The largest absolute Gasteiger partial charge is 0.226 e. The van der Waals surface area contributed by atoms with Crippen LogP contribution in [0.4, 0.5) is 4.39 Å². The molecule has 0 bridgehead atoms. The van der Waals surface area contributed by atoms with Crippen molar-refractivity contribution in [3.8, 4) is 0 Å². The molecule has 0 aliphatic heterocycles. The molecule has 0 fully saturated rings. The van der Waals surface area contributed by atoms with Gasteiger partial charge < -0.3 is 0 Å². The number of hydrogen-bond donors (Lipinski definition) is 0. The van der Waals surface area contributed by atoms with Gasteiger partial charge in [0.25, 0.3) is 0 Å². The zero-order chi connectivity index (χ0) is 7.56. The van der Waals surface area contributed by atoms with E-state index in [0.29, 0.717) is 15.9 Å². The van der Waals surface area contributed by atoms with Crippen LogP contribution < -0.4 is 0 Å². The lowest BCUT2D eigenvalue weighted by molar-refractivity contribution is 0.573. The normalized spacial score (nSPS) is 9.90. The Morgan fingerprint density at radius 3 is 2.90 bits per heavy atom. The highest BCUT2D eigenvalue weighted by Crippen LogP contribution is 2.14. The SMILES string of the molecule is Fc1ncc(Cl)cc1CBr. The maximum Gasteiger partial charge on any atom is 0.216 e. The van der Waals surface area contributed by atoms with Crippen LogP contribution in [0.2, 0.25) is 5.02 Å². The van der Waals surface area contributed by atoms with Gasteiger partial charge in [0.05, 0.1) is 5.02 Å². The van der Waals surface area contributed by atoms with Crippen LogP contribution in [0, 0.1) is 5.95 Å². The van der Waals surface area contributed by atoms with E-state index in [1.807, 2.05) is 0 Å². The van der Waals surface area contributed by atoms with Crippen molar-refractivity contribution >= 4 is 27.5 Å². The smallest absolute Gasteiger partial charge is 0.216 e. The number of alkyl halides is 1. The van der Waals surface area contributed by atoms with Crippen molar-refractivity contribution < 1.29 is 4.39 Å². The van der Waals surface area contributed by atoms with E-state index in [9.17, 15) is 4.39 Å². The summed E-state index contributed by atoms with van der Waals surface area (Å²) in [4.78, 5) is 3.42. The molecule has 1 heterocycles. The van der Waals surface area contributed by atoms with E-state index in [4.69, 9.17) is 11.6 Å². The molecule has 0 unspecified atom stereocenters. The van der Waals surface area contributed by atoms with Gasteiger partial charge in [-0.3, -0.25) is 0 Å². The molecule has 0 aromatic carbocycles. The van der Waals surface area contributed by atoms with Crippen LogP contribution in [0.3, 0.4) is 0 Å². The molecular formula is C6H4BrClFN. The summed E-state index contributed by atoms with van der Waals surface area (Å²) in [7, 11) is 0. The Labute approximate surface area is 71.4 Å². The minimum absolute atomic E-state index is 0.437. The van der Waals surface area contributed by atoms with Gasteiger partial charge in [-0.25, -0.2) is 4.98 Å². The second-order valence-electron chi connectivity index (χ2n) is 1.74. The van der Waals surface area contributed by atoms with Crippen molar-refractivity contribution in [1.82, 2.24) is 4.98 Å². The van der Waals surface area contributed by atoms with Crippen molar-refractivity contribution in [2.45, 2.75) is 5.33 Å². The molecular weight excluding hydrogens is 220 g/mol. The highest BCUT2D eigenvalue weighted by Gasteiger charge is 2.00. The fourth-order valence-electron chi connectivity index (χ4n) is 0.558. The first kappa shape index (κ1) is 7.95. The predicted molar refractivity (Wildman–Crippen MR) is 41.8 cm³/mol. The van der Waals surface area contributed by atoms with Crippen molar-refractivity contribution in [3.63, 3.8) is 0 Å². The Morgan fingerprint density at radius 1 is 1.70 bits per heavy atom. The zero-order valence-electron chi connectivity index (χ0n) is 4.94. The third-order valence-corrected chi connectivity index (χ3v) is 1.83. The first-order valence-electron chi connectivity index (χ1n) is 2.60. The quantitative estimate of drug-likeness (QED) is 0.528. The van der Waals surface area contributed by atoms with Crippen molar-refractivity contribution in [2.24, 2.45) is 0 Å². The Kier molecular flexibility index (Phi) is 2.63. The van der Waals surface area contributed by atoms with Gasteiger partial charge in [0, 0.05) is 17.1 Å². The molecule has 54 valence electrons. The number of pyridine rings is 1. The first-order chi connectivity index (χ1) is 4.74. The minimum Gasteiger partial charge on any atom is -0.226 e. The molecule has 1 aromatic rings. The fourth-order valence-corrected chi connectivity index (χ4v) is 1.13. The summed E-state index contributed by atoms with van der Waals surface area (Å²) in [6, 6.07) is 1.54. The summed E-state index contributed by atoms with van der Waals surface area (Å²) in [6.45, 7) is 0. The number of halogens is 3. The first-order valence-corrected chi connectivity index (χ1v) is 4.10. The van der Waals surface area contributed by atoms with Crippen LogP contribution in [-0.4, -0.2) is 4.98 Å². The van der Waals surface area contributed by atoms with Crippen LogP contribution in [-0.2, 0) is 5.33 Å². The zero-order valence-corrected chi connectivity index (χ0v) is 7.28. The standard InChI is InChI=1S/C6H4BrClFN/c7-2-4-1-5(8)3-10-6(4)9/h1,3H,2H2. The van der Waals surface area contributed by atoms with E-state index in [0.717, 1.165) is 0 Å². The molecule has 0 atom stereocenters. The molecule has 10 heavy (non-hydrogen) atoms. The number of hydrogen-bond acceptors (Lipinski definition) is 1. The molecule has 0 saturated heterocycles. The average molecular weight is 224 g/mol. The third kappa shape index (κ3) is 1.67. The van der Waals surface area contributed by atoms with Gasteiger partial charge >= 0.3 is 0 Å². The molecule has 0 radical (unpaired) electrons. The number of nitrogens with zero attached hydrogens (tertiary/aromatic N) is 1. The van der Waals surface area contributed by atoms with Gasteiger partial charge in [0.15, 0.2) is 0 Å². The summed E-state index contributed by atoms with van der Waals surface area (Å²) in [5.74, 6) is -0.471. The van der Waals surface area contributed by atoms with Crippen LogP contribution in [0.25, 0.3) is 0 Å². The topological polar surface area (TPSA) is 12.9 Å². The summed E-state index contributed by atoms with van der Waals surface area (Å²) in [6.07, 6.45) is 1.28. The molecule has 1 nitrogen and oxygen atoms in total. The molecule has 0 aliphatic carbocycles. The highest BCUT2D eigenvalue weighted by atomic mass is 79.9. The lowest BCUT2D eigenvalue weighted by atomic mass is 10.3. The molecule has 0 saturated carbocycles. The number of aromatic nitrogens is 1. The Balaban J connectivity index is 3.09. The second kappa shape index (κ2) is 3.30. The van der Waals surface area contributed by atoms with E-state index < -0.39 is 5.95 Å². The van der Waals surface area contributed by atoms with Gasteiger partial charge in [-0.15, -0.1) is 0 Å². The molecule has 0 aliphatic rings. The molecule has 0 spiro atoms. The van der Waals surface area contributed by atoms with Crippen molar-refractivity contribution in [3.05, 3.63) is 28.8 Å². The summed E-state index contributed by atoms with van der Waals surface area (Å²) >= 11 is 8.65. The van der Waals surface area contributed by atoms with E-state index in [2.05, 4.69) is 20.9 Å². The second-order valence-corrected chi connectivity index (χ2v) is 2.73. The Bertz CT molecular complexity index is 241. The van der Waals surface area contributed by atoms with E-state index in [-0.39, 0.29) is 0 Å². The number of rotatable bonds is 1. The lowest BCUT2D eigenvalue weighted by Crippen LogP contribution is -1.88. The third-order valence-electron chi connectivity index (χ3n) is 1.02. The van der Waals surface area contributed by atoms with E-state index >= 15 is 0 Å². The average Bonchev–Trinajstić information content (AvgIpc) is 1.94. The lowest BCUT2D eigenvalue weighted by Gasteiger charge is -1.95. The van der Waals surface area contributed by atoms with E-state index in [1.165, 1.54) is 6.20 Å². The van der Waals surface area contributed by atoms with Gasteiger partial charge in [0.1, 0.15) is 0 Å². The Morgan fingerprint density at radius 2 is 2.40 bits per heavy atom. The molecule has 4 heteroatoms. The van der Waals surface area contributed by atoms with Crippen LogP contribution in [0.5, 0.6) is 0 Å². The summed E-state index contributed by atoms with van der Waals surface area (Å²) in [5, 5.41) is 0.891. The Hall–Kier alpha value is -0.150. The molecule has 0 amide bonds. The van der Waals surface area contributed by atoms with Crippen LogP contribution in [0.1, 0.15) is 5.56 Å². The van der Waals surface area contributed by atoms with Crippen LogP contribution >= 0.6 is 27.5 Å². The fraction of sp³-hybridized carbons (Fsp3) is 0.167. The van der Waals surface area contributed by atoms with Gasteiger partial charge in [-0.2, -0.15) is 4.39 Å². The maximum atomic E-state index is 12.6. The predicted octanol–water partition coefficient (Wildman–Crippen LogP) is 2.77. The summed E-state index contributed by atoms with van der Waals surface area (Å²) in [5.41, 5.74) is 0.479. The molecule has 1 aromatic heterocycles. The molecule has 1 rings (SSSR count).